The van der Waals surface area contributed by atoms with Gasteiger partial charge in [0.05, 0.1) is 33.1 Å². The van der Waals surface area contributed by atoms with Gasteiger partial charge in [0.25, 0.3) is 0 Å². The number of nitrogens with zero attached hydrogens (tertiary/aromatic N) is 4. The highest BCUT2D eigenvalue weighted by molar-refractivity contribution is 6.19. The number of H-pyrrole nitrogens is 1. The van der Waals surface area contributed by atoms with Crippen LogP contribution < -0.4 is 5.49 Å². The van der Waals surface area contributed by atoms with Gasteiger partial charge < -0.3 is 14.1 Å². The number of aromatic nitrogens is 4. The second-order valence-corrected chi connectivity index (χ2v) is 14.3. The van der Waals surface area contributed by atoms with Crippen LogP contribution in [0.25, 0.3) is 88.4 Å². The predicted molar refractivity (Wildman–Crippen MR) is 234 cm³/mol. The van der Waals surface area contributed by atoms with Crippen molar-refractivity contribution in [1.82, 2.24) is 19.1 Å². The molecule has 0 fully saturated rings. The van der Waals surface area contributed by atoms with E-state index in [-0.39, 0.29) is 5.84 Å². The minimum absolute atomic E-state index is 0.145. The molecule has 0 saturated carbocycles. The van der Waals surface area contributed by atoms with E-state index >= 15 is 0 Å². The third kappa shape index (κ3) is 5.46. The average Bonchev–Trinajstić information content (AvgIpc) is 3.78. The van der Waals surface area contributed by atoms with Crippen molar-refractivity contribution in [2.45, 2.75) is 0 Å². The van der Waals surface area contributed by atoms with E-state index in [0.717, 1.165) is 55.4 Å². The van der Waals surface area contributed by atoms with Crippen LogP contribution in [0.3, 0.4) is 0 Å². The van der Waals surface area contributed by atoms with E-state index in [1.54, 1.807) is 0 Å². The molecule has 57 heavy (non-hydrogen) atoms. The van der Waals surface area contributed by atoms with Crippen molar-refractivity contribution in [3.8, 4) is 33.8 Å². The number of fused-ring (bicyclic) bond motifs is 7. The van der Waals surface area contributed by atoms with Crippen molar-refractivity contribution in [3.63, 3.8) is 0 Å². The van der Waals surface area contributed by atoms with Crippen LogP contribution in [0.5, 0.6) is 0 Å². The maximum atomic E-state index is 9.31. The lowest BCUT2D eigenvalue weighted by molar-refractivity contribution is 1.14. The molecular formula is C51H34N6. The second kappa shape index (κ2) is 13.2. The molecule has 6 nitrogen and oxygen atoms in total. The standard InChI is InChI=1S/C51H34N6/c52-50(55-51-49(34-17-5-2-6-18-34)53-43-25-9-10-26-44(43)54-51)36-20-14-22-38(30-36)57-46-28-12-8-24-40(46)42-31-47-41(32-48(42)57)39-23-7-11-27-45(39)56(47)37-21-13-19-35(29-37)33-15-3-1-4-16-33/h1-32H,(H2,52,54,55). The minimum Gasteiger partial charge on any atom is -0.337 e. The topological polar surface area (TPSA) is 74.8 Å². The molecule has 0 aliphatic heterocycles. The lowest BCUT2D eigenvalue weighted by atomic mass is 10.1. The van der Waals surface area contributed by atoms with E-state index < -0.39 is 0 Å². The smallest absolute Gasteiger partial charge is 0.159 e. The molecule has 8 aromatic carbocycles. The van der Waals surface area contributed by atoms with E-state index in [9.17, 15) is 5.41 Å². The molecule has 0 unspecified atom stereocenters. The van der Waals surface area contributed by atoms with Gasteiger partial charge in [-0.05, 0) is 71.8 Å². The van der Waals surface area contributed by atoms with E-state index in [1.165, 1.54) is 27.3 Å². The van der Waals surface area contributed by atoms with Gasteiger partial charge in [0.15, 0.2) is 11.3 Å². The van der Waals surface area contributed by atoms with E-state index in [4.69, 9.17) is 9.98 Å². The number of para-hydroxylation sites is 4. The van der Waals surface area contributed by atoms with Gasteiger partial charge in [-0.2, -0.15) is 0 Å². The number of amidine groups is 1. The molecular weight excluding hydrogens is 697 g/mol. The van der Waals surface area contributed by atoms with Gasteiger partial charge >= 0.3 is 0 Å². The predicted octanol–water partition coefficient (Wildman–Crippen LogP) is 12.0. The van der Waals surface area contributed by atoms with Crippen LogP contribution in [0.2, 0.25) is 0 Å². The fourth-order valence-corrected chi connectivity index (χ4v) is 8.33. The third-order valence-corrected chi connectivity index (χ3v) is 10.9. The summed E-state index contributed by atoms with van der Waals surface area (Å²) in [6.07, 6.45) is 0. The van der Waals surface area contributed by atoms with Crippen molar-refractivity contribution >= 4 is 60.5 Å². The summed E-state index contributed by atoms with van der Waals surface area (Å²) in [5, 5.41) is 14.0. The molecule has 11 aromatic rings. The molecule has 0 bridgehead atoms. The maximum absolute atomic E-state index is 9.31. The third-order valence-electron chi connectivity index (χ3n) is 10.9. The van der Waals surface area contributed by atoms with E-state index in [1.807, 2.05) is 66.7 Å². The van der Waals surface area contributed by atoms with E-state index in [2.05, 4.69) is 142 Å². The number of aromatic amines is 1. The van der Waals surface area contributed by atoms with Crippen LogP contribution in [0, 0.1) is 5.41 Å². The molecule has 0 amide bonds. The molecule has 0 aliphatic rings. The van der Waals surface area contributed by atoms with Gasteiger partial charge in [-0.25, -0.2) is 9.98 Å². The summed E-state index contributed by atoms with van der Waals surface area (Å²) in [5.74, 6) is 0.145. The molecule has 0 atom stereocenters. The maximum Gasteiger partial charge on any atom is 0.159 e. The highest BCUT2D eigenvalue weighted by atomic mass is 15.0. The Labute approximate surface area is 327 Å². The summed E-state index contributed by atoms with van der Waals surface area (Å²) >= 11 is 0. The van der Waals surface area contributed by atoms with Gasteiger partial charge in [-0.3, -0.25) is 5.41 Å². The Morgan fingerprint density at radius 2 is 1.00 bits per heavy atom. The Morgan fingerprint density at radius 3 is 1.68 bits per heavy atom. The largest absolute Gasteiger partial charge is 0.337 e. The lowest BCUT2D eigenvalue weighted by Crippen LogP contribution is -2.17. The summed E-state index contributed by atoms with van der Waals surface area (Å²) in [5.41, 5.74) is 13.5. The fraction of sp³-hybridized carbons (Fsp3) is 0. The first kappa shape index (κ1) is 32.6. The molecule has 0 radical (unpaired) electrons. The number of rotatable bonds is 5. The first-order valence-electron chi connectivity index (χ1n) is 19.1. The van der Waals surface area contributed by atoms with Crippen LogP contribution in [-0.2, 0) is 0 Å². The Bertz CT molecular complexity index is 3420. The van der Waals surface area contributed by atoms with Crippen molar-refractivity contribution in [3.05, 3.63) is 205 Å². The minimum atomic E-state index is 0.145. The molecule has 3 heterocycles. The van der Waals surface area contributed by atoms with Gasteiger partial charge in [0.1, 0.15) is 5.69 Å². The van der Waals surface area contributed by atoms with Crippen LogP contribution in [0.15, 0.2) is 199 Å². The summed E-state index contributed by atoms with van der Waals surface area (Å²) in [7, 11) is 0. The molecule has 0 saturated heterocycles. The Balaban J connectivity index is 1.09. The molecule has 2 N–H and O–H groups in total. The first-order valence-corrected chi connectivity index (χ1v) is 19.1. The van der Waals surface area contributed by atoms with Gasteiger partial charge in [-0.1, -0.05) is 133 Å². The SMILES string of the molecule is N=C(N=c1[nH]c2ccccc2nc1-c1ccccc1)c1cccc(-n2c3ccccc3c3cc4c(cc32)c2ccccc2n4-c2cccc(-c3ccccc3)c2)c1. The highest BCUT2D eigenvalue weighted by Gasteiger charge is 2.19. The molecule has 11 rings (SSSR count). The monoisotopic (exact) mass is 730 g/mol. The zero-order valence-corrected chi connectivity index (χ0v) is 30.8. The number of benzene rings is 8. The molecule has 3 aromatic heterocycles. The highest BCUT2D eigenvalue weighted by Crippen LogP contribution is 2.40. The first-order chi connectivity index (χ1) is 28.2. The van der Waals surface area contributed by atoms with Crippen molar-refractivity contribution in [2.75, 3.05) is 0 Å². The second-order valence-electron chi connectivity index (χ2n) is 14.3. The Hall–Kier alpha value is -7.83. The molecule has 0 spiro atoms. The summed E-state index contributed by atoms with van der Waals surface area (Å²) < 4.78 is 4.72. The van der Waals surface area contributed by atoms with Crippen molar-refractivity contribution < 1.29 is 0 Å². The lowest BCUT2D eigenvalue weighted by Gasteiger charge is -2.11. The zero-order chi connectivity index (χ0) is 37.9. The zero-order valence-electron chi connectivity index (χ0n) is 30.8. The van der Waals surface area contributed by atoms with Crippen LogP contribution in [0.1, 0.15) is 5.56 Å². The molecule has 0 aliphatic carbocycles. The van der Waals surface area contributed by atoms with Crippen LogP contribution in [0.4, 0.5) is 0 Å². The quantitative estimate of drug-likeness (QED) is 0.134. The fourth-order valence-electron chi connectivity index (χ4n) is 8.33. The van der Waals surface area contributed by atoms with Crippen LogP contribution >= 0.6 is 0 Å². The van der Waals surface area contributed by atoms with E-state index in [0.29, 0.717) is 16.7 Å². The number of nitrogens with one attached hydrogen (secondary N) is 2. The Morgan fingerprint density at radius 1 is 0.456 bits per heavy atom. The normalized spacial score (nSPS) is 12.0. The summed E-state index contributed by atoms with van der Waals surface area (Å²) in [4.78, 5) is 13.3. The van der Waals surface area contributed by atoms with Crippen molar-refractivity contribution in [2.24, 2.45) is 4.99 Å². The number of hydrogen-bond acceptors (Lipinski definition) is 2. The van der Waals surface area contributed by atoms with Gasteiger partial charge in [0.2, 0.25) is 0 Å². The summed E-state index contributed by atoms with van der Waals surface area (Å²) in [6.45, 7) is 0. The molecule has 268 valence electrons. The van der Waals surface area contributed by atoms with Crippen LogP contribution in [-0.4, -0.2) is 24.9 Å². The average molecular weight is 731 g/mol. The summed E-state index contributed by atoms with van der Waals surface area (Å²) in [6, 6.07) is 67.4. The van der Waals surface area contributed by atoms with Gasteiger partial charge in [-0.15, -0.1) is 0 Å². The van der Waals surface area contributed by atoms with Crippen molar-refractivity contribution in [1.29, 1.82) is 5.41 Å². The Kier molecular flexibility index (Phi) is 7.54. The molecule has 6 heteroatoms. The number of hydrogen-bond donors (Lipinski definition) is 2. The van der Waals surface area contributed by atoms with Gasteiger partial charge in [0, 0.05) is 44.0 Å².